The average Bonchev–Trinajstić information content (AvgIpc) is 2.57. The monoisotopic (exact) mass is 167 g/mol. The van der Waals surface area contributed by atoms with E-state index >= 15 is 0 Å². The van der Waals surface area contributed by atoms with E-state index in [-0.39, 0.29) is 5.91 Å². The predicted molar refractivity (Wildman–Crippen MR) is 49.8 cm³/mol. The van der Waals surface area contributed by atoms with Crippen LogP contribution < -0.4 is 5.32 Å². The largest absolute Gasteiger partial charge is 0.356 e. The lowest BCUT2D eigenvalue weighted by atomic mass is 10.0. The molecule has 0 bridgehead atoms. The predicted octanol–water partition coefficient (Wildman–Crippen LogP) is 1.87. The highest BCUT2D eigenvalue weighted by Crippen LogP contribution is 2.20. The van der Waals surface area contributed by atoms with Crippen LogP contribution in [0.15, 0.2) is 12.2 Å². The van der Waals surface area contributed by atoms with Crippen LogP contribution in [-0.4, -0.2) is 12.5 Å². The van der Waals surface area contributed by atoms with Gasteiger partial charge in [0.15, 0.2) is 0 Å². The van der Waals surface area contributed by atoms with E-state index in [4.69, 9.17) is 0 Å². The van der Waals surface area contributed by atoms with Gasteiger partial charge in [-0.25, -0.2) is 0 Å². The van der Waals surface area contributed by atoms with Crippen LogP contribution in [0.3, 0.4) is 0 Å². The second-order valence-corrected chi connectivity index (χ2v) is 3.30. The molecule has 0 unspecified atom stereocenters. The molecule has 0 atom stereocenters. The van der Waals surface area contributed by atoms with Crippen molar-refractivity contribution in [3.63, 3.8) is 0 Å². The first-order valence-corrected chi connectivity index (χ1v) is 4.74. The molecule has 2 heteroatoms. The summed E-state index contributed by atoms with van der Waals surface area (Å²) < 4.78 is 0. The highest BCUT2D eigenvalue weighted by molar-refractivity contribution is 5.75. The summed E-state index contributed by atoms with van der Waals surface area (Å²) in [5.74, 6) is 0.947. The zero-order valence-electron chi connectivity index (χ0n) is 7.68. The number of carbonyl (C=O) groups is 1. The molecule has 12 heavy (non-hydrogen) atoms. The highest BCUT2D eigenvalue weighted by Gasteiger charge is 2.09. The molecule has 0 radical (unpaired) electrons. The number of amides is 1. The topological polar surface area (TPSA) is 29.1 Å². The SMILES string of the molecule is CCC(=O)NCCC1CC=CC1. The van der Waals surface area contributed by atoms with Crippen LogP contribution in [0.2, 0.25) is 0 Å². The van der Waals surface area contributed by atoms with Crippen molar-refractivity contribution >= 4 is 5.91 Å². The number of rotatable bonds is 4. The van der Waals surface area contributed by atoms with Gasteiger partial charge in [0.2, 0.25) is 5.91 Å². The molecule has 1 amide bonds. The maximum atomic E-state index is 10.9. The fourth-order valence-electron chi connectivity index (χ4n) is 1.45. The van der Waals surface area contributed by atoms with Crippen LogP contribution in [0.25, 0.3) is 0 Å². The Balaban J connectivity index is 1.99. The van der Waals surface area contributed by atoms with Crippen molar-refractivity contribution in [2.75, 3.05) is 6.54 Å². The molecule has 0 fully saturated rings. The number of allylic oxidation sites excluding steroid dienone is 2. The molecule has 1 N–H and O–H groups in total. The summed E-state index contributed by atoms with van der Waals surface area (Å²) in [7, 11) is 0. The van der Waals surface area contributed by atoms with Gasteiger partial charge in [-0.2, -0.15) is 0 Å². The maximum Gasteiger partial charge on any atom is 0.219 e. The molecule has 0 aromatic heterocycles. The lowest BCUT2D eigenvalue weighted by Gasteiger charge is -2.08. The van der Waals surface area contributed by atoms with Crippen LogP contribution in [0.1, 0.15) is 32.6 Å². The van der Waals surface area contributed by atoms with E-state index in [0.29, 0.717) is 6.42 Å². The van der Waals surface area contributed by atoms with Crippen molar-refractivity contribution in [3.8, 4) is 0 Å². The van der Waals surface area contributed by atoms with Crippen LogP contribution in [0, 0.1) is 5.92 Å². The van der Waals surface area contributed by atoms with Gasteiger partial charge < -0.3 is 5.32 Å². The van der Waals surface area contributed by atoms with Crippen molar-refractivity contribution in [2.24, 2.45) is 5.92 Å². The van der Waals surface area contributed by atoms with E-state index in [1.807, 2.05) is 6.92 Å². The number of carbonyl (C=O) groups excluding carboxylic acids is 1. The van der Waals surface area contributed by atoms with Gasteiger partial charge in [0, 0.05) is 13.0 Å². The summed E-state index contributed by atoms with van der Waals surface area (Å²) in [4.78, 5) is 10.9. The normalized spacial score (nSPS) is 16.8. The summed E-state index contributed by atoms with van der Waals surface area (Å²) in [6, 6.07) is 0. The Hall–Kier alpha value is -0.790. The second-order valence-electron chi connectivity index (χ2n) is 3.30. The minimum Gasteiger partial charge on any atom is -0.356 e. The number of nitrogens with one attached hydrogen (secondary N) is 1. The van der Waals surface area contributed by atoms with Crippen molar-refractivity contribution in [1.29, 1.82) is 0 Å². The zero-order chi connectivity index (χ0) is 8.81. The third-order valence-electron chi connectivity index (χ3n) is 2.30. The molecule has 0 spiro atoms. The smallest absolute Gasteiger partial charge is 0.219 e. The van der Waals surface area contributed by atoms with Crippen LogP contribution in [0.4, 0.5) is 0 Å². The molecule has 0 saturated carbocycles. The highest BCUT2D eigenvalue weighted by atomic mass is 16.1. The van der Waals surface area contributed by atoms with Gasteiger partial charge in [-0.05, 0) is 25.2 Å². The van der Waals surface area contributed by atoms with E-state index in [0.717, 1.165) is 18.9 Å². The van der Waals surface area contributed by atoms with Gasteiger partial charge in [0.1, 0.15) is 0 Å². The zero-order valence-corrected chi connectivity index (χ0v) is 7.68. The standard InChI is InChI=1S/C10H17NO/c1-2-10(12)11-8-7-9-5-3-4-6-9/h3-4,9H,2,5-8H2,1H3,(H,11,12). The summed E-state index contributed by atoms with van der Waals surface area (Å²) in [6.45, 7) is 2.73. The molecule has 0 aromatic carbocycles. The Bertz CT molecular complexity index is 167. The lowest BCUT2D eigenvalue weighted by molar-refractivity contribution is -0.120. The Kier molecular flexibility index (Phi) is 3.85. The van der Waals surface area contributed by atoms with Gasteiger partial charge in [0.05, 0.1) is 0 Å². The van der Waals surface area contributed by atoms with Gasteiger partial charge in [0.25, 0.3) is 0 Å². The molecule has 0 heterocycles. The van der Waals surface area contributed by atoms with Crippen molar-refractivity contribution in [3.05, 3.63) is 12.2 Å². The van der Waals surface area contributed by atoms with Crippen molar-refractivity contribution in [1.82, 2.24) is 5.32 Å². The molecular formula is C10H17NO. The molecule has 1 rings (SSSR count). The second kappa shape index (κ2) is 4.96. The summed E-state index contributed by atoms with van der Waals surface area (Å²) >= 11 is 0. The number of hydrogen-bond acceptors (Lipinski definition) is 1. The van der Waals surface area contributed by atoms with Crippen molar-refractivity contribution in [2.45, 2.75) is 32.6 Å². The molecule has 1 aliphatic carbocycles. The molecular weight excluding hydrogens is 150 g/mol. The van der Waals surface area contributed by atoms with Gasteiger partial charge in [-0.1, -0.05) is 19.1 Å². The quantitative estimate of drug-likeness (QED) is 0.636. The third kappa shape index (κ3) is 3.07. The molecule has 68 valence electrons. The van der Waals surface area contributed by atoms with Crippen molar-refractivity contribution < 1.29 is 4.79 Å². The summed E-state index contributed by atoms with van der Waals surface area (Å²) in [5.41, 5.74) is 0. The molecule has 0 aliphatic heterocycles. The first-order valence-electron chi connectivity index (χ1n) is 4.74. The Labute approximate surface area is 74.0 Å². The number of hydrogen-bond donors (Lipinski definition) is 1. The minimum absolute atomic E-state index is 0.168. The molecule has 0 saturated heterocycles. The Morgan fingerprint density at radius 1 is 1.50 bits per heavy atom. The first kappa shape index (κ1) is 9.30. The van der Waals surface area contributed by atoms with E-state index < -0.39 is 0 Å². The first-order chi connectivity index (χ1) is 5.83. The van der Waals surface area contributed by atoms with Crippen LogP contribution in [0.5, 0.6) is 0 Å². The maximum absolute atomic E-state index is 10.9. The van der Waals surface area contributed by atoms with Crippen LogP contribution >= 0.6 is 0 Å². The third-order valence-corrected chi connectivity index (χ3v) is 2.30. The molecule has 2 nitrogen and oxygen atoms in total. The molecule has 0 aromatic rings. The lowest BCUT2D eigenvalue weighted by Crippen LogP contribution is -2.24. The average molecular weight is 167 g/mol. The fourth-order valence-corrected chi connectivity index (χ4v) is 1.45. The van der Waals surface area contributed by atoms with E-state index in [2.05, 4.69) is 17.5 Å². The Morgan fingerprint density at radius 3 is 2.75 bits per heavy atom. The minimum atomic E-state index is 0.168. The van der Waals surface area contributed by atoms with E-state index in [1.54, 1.807) is 0 Å². The van der Waals surface area contributed by atoms with Gasteiger partial charge in [-0.3, -0.25) is 4.79 Å². The molecule has 1 aliphatic rings. The van der Waals surface area contributed by atoms with Gasteiger partial charge >= 0.3 is 0 Å². The van der Waals surface area contributed by atoms with Gasteiger partial charge in [-0.15, -0.1) is 0 Å². The van der Waals surface area contributed by atoms with Crippen LogP contribution in [-0.2, 0) is 4.79 Å². The summed E-state index contributed by atoms with van der Waals surface area (Å²) in [6.07, 6.45) is 8.57. The summed E-state index contributed by atoms with van der Waals surface area (Å²) in [5, 5.41) is 2.89. The van der Waals surface area contributed by atoms with E-state index in [9.17, 15) is 4.79 Å². The fraction of sp³-hybridized carbons (Fsp3) is 0.700. The van der Waals surface area contributed by atoms with E-state index in [1.165, 1.54) is 12.8 Å². The Morgan fingerprint density at radius 2 is 2.17 bits per heavy atom.